The van der Waals surface area contributed by atoms with Gasteiger partial charge in [-0.3, -0.25) is 14.3 Å². The summed E-state index contributed by atoms with van der Waals surface area (Å²) in [5.74, 6) is -0.797. The second-order valence-electron chi connectivity index (χ2n) is 7.44. The van der Waals surface area contributed by atoms with Gasteiger partial charge in [0.05, 0.1) is 28.8 Å². The molecule has 0 aliphatic carbocycles. The summed E-state index contributed by atoms with van der Waals surface area (Å²) in [5, 5.41) is 11.6. The Morgan fingerprint density at radius 2 is 1.84 bits per heavy atom. The third-order valence-corrected chi connectivity index (χ3v) is 4.72. The lowest BCUT2D eigenvalue weighted by molar-refractivity contribution is -0.274. The summed E-state index contributed by atoms with van der Waals surface area (Å²) < 4.78 is 43.3. The Bertz CT molecular complexity index is 1150. The first-order valence-corrected chi connectivity index (χ1v) is 9.54. The van der Waals surface area contributed by atoms with Crippen molar-refractivity contribution in [1.29, 1.82) is 0 Å². The van der Waals surface area contributed by atoms with Gasteiger partial charge in [-0.1, -0.05) is 26.0 Å². The predicted octanol–water partition coefficient (Wildman–Crippen LogP) is 3.03. The van der Waals surface area contributed by atoms with E-state index < -0.39 is 23.9 Å². The Labute approximate surface area is 175 Å². The first-order chi connectivity index (χ1) is 14.5. The van der Waals surface area contributed by atoms with Crippen molar-refractivity contribution in [2.75, 3.05) is 0 Å². The number of aryl methyl sites for hydroxylation is 1. The van der Waals surface area contributed by atoms with E-state index in [9.17, 15) is 22.8 Å². The minimum absolute atomic E-state index is 0.0189. The lowest BCUT2D eigenvalue weighted by Gasteiger charge is -2.16. The smallest absolute Gasteiger partial charge is 0.406 e. The van der Waals surface area contributed by atoms with Crippen LogP contribution in [-0.2, 0) is 18.4 Å². The molecule has 0 bridgehead atoms. The van der Waals surface area contributed by atoms with Gasteiger partial charge in [0.2, 0.25) is 5.91 Å². The Kier molecular flexibility index (Phi) is 6.05. The zero-order valence-electron chi connectivity index (χ0n) is 17.4. The van der Waals surface area contributed by atoms with Gasteiger partial charge in [0.1, 0.15) is 12.3 Å². The van der Waals surface area contributed by atoms with Crippen LogP contribution in [0.25, 0.3) is 10.9 Å². The topological polar surface area (TPSA) is 91.0 Å². The molecule has 0 aliphatic rings. The Hall–Kier alpha value is -3.37. The molecule has 0 radical (unpaired) electrons. The molecule has 1 aromatic carbocycles. The minimum atomic E-state index is -4.77. The van der Waals surface area contributed by atoms with Crippen LogP contribution < -0.4 is 15.6 Å². The number of carbonyl (C=O) groups excluding carboxylic acids is 1. The molecule has 1 atom stereocenters. The molecule has 0 saturated heterocycles. The van der Waals surface area contributed by atoms with Gasteiger partial charge < -0.3 is 10.1 Å². The molecule has 0 aliphatic heterocycles. The molecular weight excluding hydrogens is 415 g/mol. The van der Waals surface area contributed by atoms with E-state index >= 15 is 0 Å². The SMILES string of the molecule is CC(C)c1nn(C)c2cnn(CC(=O)N[C@@H](C)c3ccc(OC(F)(F)F)cc3)c(=O)c12. The summed E-state index contributed by atoms with van der Waals surface area (Å²) in [7, 11) is 1.72. The molecule has 0 fully saturated rings. The fourth-order valence-electron chi connectivity index (χ4n) is 3.21. The van der Waals surface area contributed by atoms with Crippen LogP contribution in [0.2, 0.25) is 0 Å². The number of alkyl halides is 3. The average molecular weight is 437 g/mol. The monoisotopic (exact) mass is 437 g/mol. The molecule has 8 nitrogen and oxygen atoms in total. The number of halogens is 3. The van der Waals surface area contributed by atoms with E-state index in [1.807, 2.05) is 13.8 Å². The Balaban J connectivity index is 1.73. The minimum Gasteiger partial charge on any atom is -0.406 e. The zero-order chi connectivity index (χ0) is 22.9. The van der Waals surface area contributed by atoms with Gasteiger partial charge in [0.25, 0.3) is 5.56 Å². The third kappa shape index (κ3) is 5.04. The molecule has 3 rings (SSSR count). The van der Waals surface area contributed by atoms with E-state index in [2.05, 4.69) is 20.3 Å². The van der Waals surface area contributed by atoms with Crippen molar-refractivity contribution in [2.24, 2.45) is 7.05 Å². The summed E-state index contributed by atoms with van der Waals surface area (Å²) in [6.07, 6.45) is -3.28. The highest BCUT2D eigenvalue weighted by molar-refractivity contribution is 5.81. The van der Waals surface area contributed by atoms with Crippen molar-refractivity contribution < 1.29 is 22.7 Å². The van der Waals surface area contributed by atoms with Gasteiger partial charge in [-0.2, -0.15) is 10.2 Å². The lowest BCUT2D eigenvalue weighted by Crippen LogP contribution is -2.35. The van der Waals surface area contributed by atoms with Gasteiger partial charge in [0.15, 0.2) is 0 Å². The molecule has 1 N–H and O–H groups in total. The van der Waals surface area contributed by atoms with Crippen molar-refractivity contribution in [3.8, 4) is 5.75 Å². The molecule has 2 aromatic heterocycles. The van der Waals surface area contributed by atoms with Crippen LogP contribution in [0.4, 0.5) is 13.2 Å². The summed E-state index contributed by atoms with van der Waals surface area (Å²) in [4.78, 5) is 25.3. The molecule has 166 valence electrons. The zero-order valence-corrected chi connectivity index (χ0v) is 17.4. The summed E-state index contributed by atoms with van der Waals surface area (Å²) in [5.41, 5.74) is 1.38. The Morgan fingerprint density at radius 1 is 1.19 bits per heavy atom. The molecule has 0 spiro atoms. The quantitative estimate of drug-likeness (QED) is 0.640. The van der Waals surface area contributed by atoms with Gasteiger partial charge in [-0.05, 0) is 30.5 Å². The first-order valence-electron chi connectivity index (χ1n) is 9.54. The molecular formula is C20H22F3N5O3. The fraction of sp³-hybridized carbons (Fsp3) is 0.400. The average Bonchev–Trinajstić information content (AvgIpc) is 3.01. The number of aromatic nitrogens is 4. The molecule has 3 aromatic rings. The van der Waals surface area contributed by atoms with Crippen molar-refractivity contribution in [3.05, 3.63) is 52.1 Å². The highest BCUT2D eigenvalue weighted by atomic mass is 19.4. The highest BCUT2D eigenvalue weighted by Gasteiger charge is 2.31. The Morgan fingerprint density at radius 3 is 2.42 bits per heavy atom. The number of carbonyl (C=O) groups is 1. The highest BCUT2D eigenvalue weighted by Crippen LogP contribution is 2.24. The number of nitrogens with one attached hydrogen (secondary N) is 1. The van der Waals surface area contributed by atoms with E-state index in [1.54, 1.807) is 18.7 Å². The van der Waals surface area contributed by atoms with E-state index in [1.165, 1.54) is 30.5 Å². The second-order valence-corrected chi connectivity index (χ2v) is 7.44. The standard InChI is InChI=1S/C20H22F3N5O3/c1-11(2)18-17-15(27(4)26-18)9-24-28(19(17)30)10-16(29)25-12(3)13-5-7-14(8-6-13)31-20(21,22)23/h5-9,11-12H,10H2,1-4H3,(H,25,29)/t12-/m0/s1. The normalized spacial score (nSPS) is 12.9. The van der Waals surface area contributed by atoms with Gasteiger partial charge in [-0.15, -0.1) is 13.2 Å². The van der Waals surface area contributed by atoms with Crippen LogP contribution in [-0.4, -0.2) is 31.8 Å². The summed E-state index contributed by atoms with van der Waals surface area (Å²) in [6.45, 7) is 5.21. The maximum atomic E-state index is 12.9. The van der Waals surface area contributed by atoms with Crippen LogP contribution in [0.5, 0.6) is 5.75 Å². The number of benzene rings is 1. The van der Waals surface area contributed by atoms with Crippen LogP contribution in [0.3, 0.4) is 0 Å². The van der Waals surface area contributed by atoms with E-state index in [0.29, 0.717) is 22.2 Å². The number of fused-ring (bicyclic) bond motifs is 1. The maximum absolute atomic E-state index is 12.9. The maximum Gasteiger partial charge on any atom is 0.573 e. The molecule has 1 amide bonds. The van der Waals surface area contributed by atoms with Crippen molar-refractivity contribution >= 4 is 16.8 Å². The van der Waals surface area contributed by atoms with Crippen LogP contribution in [0, 0.1) is 0 Å². The van der Waals surface area contributed by atoms with E-state index in [4.69, 9.17) is 0 Å². The first kappa shape index (κ1) is 22.3. The number of ether oxygens (including phenoxy) is 1. The fourth-order valence-corrected chi connectivity index (χ4v) is 3.21. The molecule has 11 heteroatoms. The van der Waals surface area contributed by atoms with Crippen molar-refractivity contribution in [3.63, 3.8) is 0 Å². The van der Waals surface area contributed by atoms with Crippen molar-refractivity contribution in [2.45, 2.75) is 45.6 Å². The summed E-state index contributed by atoms with van der Waals surface area (Å²) in [6, 6.07) is 4.68. The van der Waals surface area contributed by atoms with Crippen LogP contribution >= 0.6 is 0 Å². The lowest BCUT2D eigenvalue weighted by atomic mass is 10.1. The number of nitrogens with zero attached hydrogens (tertiary/aromatic N) is 4. The molecule has 0 saturated carbocycles. The van der Waals surface area contributed by atoms with Gasteiger partial charge in [0, 0.05) is 7.05 Å². The largest absolute Gasteiger partial charge is 0.573 e. The van der Waals surface area contributed by atoms with Gasteiger partial charge in [-0.25, -0.2) is 4.68 Å². The number of hydrogen-bond donors (Lipinski definition) is 1. The third-order valence-electron chi connectivity index (χ3n) is 4.72. The van der Waals surface area contributed by atoms with E-state index in [0.717, 1.165) is 4.68 Å². The van der Waals surface area contributed by atoms with Crippen LogP contribution in [0.15, 0.2) is 35.3 Å². The molecule has 0 unspecified atom stereocenters. The number of hydrogen-bond acceptors (Lipinski definition) is 5. The molecule has 2 heterocycles. The summed E-state index contributed by atoms with van der Waals surface area (Å²) >= 11 is 0. The van der Waals surface area contributed by atoms with E-state index in [-0.39, 0.29) is 18.2 Å². The van der Waals surface area contributed by atoms with Gasteiger partial charge >= 0.3 is 6.36 Å². The van der Waals surface area contributed by atoms with Crippen molar-refractivity contribution in [1.82, 2.24) is 24.9 Å². The predicted molar refractivity (Wildman–Crippen MR) is 107 cm³/mol. The number of rotatable bonds is 6. The second kappa shape index (κ2) is 8.40. The van der Waals surface area contributed by atoms with Crippen LogP contribution in [0.1, 0.15) is 44.0 Å². The molecule has 31 heavy (non-hydrogen) atoms. The number of amides is 1.